The molecule has 0 radical (unpaired) electrons. The zero-order chi connectivity index (χ0) is 47.2. The molecule has 0 saturated carbocycles. The van der Waals surface area contributed by atoms with Crippen LogP contribution >= 0.6 is 0 Å². The topological polar surface area (TPSA) is 78.9 Å². The van der Waals surface area contributed by atoms with Crippen molar-refractivity contribution in [3.63, 3.8) is 0 Å². The molecule has 1 unspecified atom stereocenters. The summed E-state index contributed by atoms with van der Waals surface area (Å²) in [7, 11) is 0. The molecular weight excluding hydrogens is 805 g/mol. The van der Waals surface area contributed by atoms with E-state index in [1.165, 1.54) is 141 Å². The molecule has 0 aromatic carbocycles. The van der Waals surface area contributed by atoms with Crippen molar-refractivity contribution in [2.75, 3.05) is 13.2 Å². The van der Waals surface area contributed by atoms with Crippen molar-refractivity contribution in [2.45, 2.75) is 258 Å². The number of hydrogen-bond acceptors (Lipinski definition) is 6. The van der Waals surface area contributed by atoms with Gasteiger partial charge in [0.05, 0.1) is 0 Å². The molecule has 65 heavy (non-hydrogen) atoms. The minimum Gasteiger partial charge on any atom is -0.462 e. The second-order valence-corrected chi connectivity index (χ2v) is 17.8. The summed E-state index contributed by atoms with van der Waals surface area (Å²) in [6.45, 7) is 6.50. The Kier molecular flexibility index (Phi) is 50.4. The highest BCUT2D eigenvalue weighted by Gasteiger charge is 2.19. The first-order chi connectivity index (χ1) is 32.0. The summed E-state index contributed by atoms with van der Waals surface area (Å²) >= 11 is 0. The van der Waals surface area contributed by atoms with Gasteiger partial charge in [0, 0.05) is 19.3 Å². The van der Waals surface area contributed by atoms with Gasteiger partial charge in [-0.05, 0) is 103 Å². The molecule has 0 N–H and O–H groups in total. The Morgan fingerprint density at radius 2 is 0.600 bits per heavy atom. The smallest absolute Gasteiger partial charge is 0.306 e. The number of esters is 3. The molecule has 0 saturated heterocycles. The van der Waals surface area contributed by atoms with Crippen LogP contribution in [0.3, 0.4) is 0 Å². The number of hydrogen-bond donors (Lipinski definition) is 0. The molecule has 0 aromatic heterocycles. The van der Waals surface area contributed by atoms with Crippen LogP contribution < -0.4 is 0 Å². The van der Waals surface area contributed by atoms with E-state index in [1.807, 2.05) is 6.08 Å². The average molecular weight is 905 g/mol. The molecule has 0 fully saturated rings. The summed E-state index contributed by atoms with van der Waals surface area (Å²) in [6, 6.07) is 0. The number of allylic oxidation sites excluding steroid dienone is 14. The summed E-state index contributed by atoms with van der Waals surface area (Å²) in [5, 5.41) is 0. The van der Waals surface area contributed by atoms with Crippen LogP contribution in [0.5, 0.6) is 0 Å². The first kappa shape index (κ1) is 61.6. The van der Waals surface area contributed by atoms with Crippen LogP contribution in [0.25, 0.3) is 0 Å². The summed E-state index contributed by atoms with van der Waals surface area (Å²) in [5.74, 6) is -1.05. The van der Waals surface area contributed by atoms with Crippen LogP contribution in [0.1, 0.15) is 252 Å². The van der Waals surface area contributed by atoms with E-state index in [0.29, 0.717) is 19.3 Å². The maximum absolute atomic E-state index is 12.8. The average Bonchev–Trinajstić information content (AvgIpc) is 3.30. The summed E-state index contributed by atoms with van der Waals surface area (Å²) in [4.78, 5) is 38.0. The van der Waals surface area contributed by atoms with E-state index < -0.39 is 6.10 Å². The van der Waals surface area contributed by atoms with Crippen LogP contribution in [-0.2, 0) is 28.6 Å². The lowest BCUT2D eigenvalue weighted by Gasteiger charge is -2.18. The standard InChI is InChI=1S/C59H100O6/c1-4-7-10-13-16-19-22-25-27-29-31-34-37-40-43-46-49-52-58(61)64-55-56(54-63-57(60)51-48-45-42-39-36-33-24-21-18-15-12-9-6-3)65-59(62)53-50-47-44-41-38-35-32-30-28-26-23-20-17-14-11-8-5-2/h16,19,25-28,31,33-34,36,40,42-43,45,56H,4-15,17-18,20-24,29-30,32,35,37-39,41,44,46-55H2,1-3H3/b19-16+,27-25+,28-26+,34-31+,36-33+,43-40+,45-42+. The number of ether oxygens (including phenoxy) is 3. The number of unbranched alkanes of at least 4 members (excludes halogenated alkanes) is 23. The van der Waals surface area contributed by atoms with Crippen molar-refractivity contribution in [3.05, 3.63) is 85.1 Å². The quantitative estimate of drug-likeness (QED) is 0.0262. The monoisotopic (exact) mass is 905 g/mol. The van der Waals surface area contributed by atoms with Gasteiger partial charge in [0.1, 0.15) is 13.2 Å². The third kappa shape index (κ3) is 51.4. The molecule has 0 aromatic rings. The molecule has 372 valence electrons. The molecule has 0 aliphatic heterocycles. The third-order valence-corrected chi connectivity index (χ3v) is 11.4. The summed E-state index contributed by atoms with van der Waals surface area (Å²) < 4.78 is 16.7. The Labute approximate surface area is 401 Å². The predicted molar refractivity (Wildman–Crippen MR) is 279 cm³/mol. The maximum Gasteiger partial charge on any atom is 0.306 e. The van der Waals surface area contributed by atoms with Crippen LogP contribution in [0.15, 0.2) is 85.1 Å². The van der Waals surface area contributed by atoms with Crippen LogP contribution in [-0.4, -0.2) is 37.2 Å². The van der Waals surface area contributed by atoms with E-state index in [2.05, 4.69) is 99.8 Å². The Morgan fingerprint density at radius 1 is 0.308 bits per heavy atom. The first-order valence-electron chi connectivity index (χ1n) is 27.1. The fourth-order valence-corrected chi connectivity index (χ4v) is 7.25. The zero-order valence-electron chi connectivity index (χ0n) is 42.5. The molecule has 0 aliphatic carbocycles. The molecule has 0 aliphatic rings. The molecule has 0 amide bonds. The lowest BCUT2D eigenvalue weighted by Crippen LogP contribution is -2.30. The molecule has 6 heteroatoms. The second kappa shape index (κ2) is 53.2. The highest BCUT2D eigenvalue weighted by molar-refractivity contribution is 5.71. The van der Waals surface area contributed by atoms with E-state index in [1.54, 1.807) is 0 Å². The normalized spacial score (nSPS) is 12.7. The van der Waals surface area contributed by atoms with Gasteiger partial charge >= 0.3 is 17.9 Å². The van der Waals surface area contributed by atoms with Crippen molar-refractivity contribution in [2.24, 2.45) is 0 Å². The van der Waals surface area contributed by atoms with Crippen LogP contribution in [0.2, 0.25) is 0 Å². The van der Waals surface area contributed by atoms with Crippen molar-refractivity contribution >= 4 is 17.9 Å². The molecule has 1 atom stereocenters. The number of rotatable bonds is 48. The predicted octanol–water partition coefficient (Wildman–Crippen LogP) is 18.0. The maximum atomic E-state index is 12.8. The molecule has 0 bridgehead atoms. The van der Waals surface area contributed by atoms with Gasteiger partial charge in [-0.3, -0.25) is 14.4 Å². The van der Waals surface area contributed by atoms with Gasteiger partial charge in [0.25, 0.3) is 0 Å². The summed E-state index contributed by atoms with van der Waals surface area (Å²) in [5.41, 5.74) is 0. The van der Waals surface area contributed by atoms with Crippen LogP contribution in [0, 0.1) is 0 Å². The Balaban J connectivity index is 4.53. The van der Waals surface area contributed by atoms with E-state index in [4.69, 9.17) is 14.2 Å². The van der Waals surface area contributed by atoms with E-state index in [0.717, 1.165) is 57.8 Å². The second-order valence-electron chi connectivity index (χ2n) is 17.8. The molecular formula is C59H100O6. The van der Waals surface area contributed by atoms with Gasteiger partial charge in [0.2, 0.25) is 0 Å². The van der Waals surface area contributed by atoms with Gasteiger partial charge < -0.3 is 14.2 Å². The number of carbonyl (C=O) groups is 3. The number of carbonyl (C=O) groups excluding carboxylic acids is 3. The van der Waals surface area contributed by atoms with Gasteiger partial charge in [-0.1, -0.05) is 215 Å². The Hall–Kier alpha value is -3.41. The van der Waals surface area contributed by atoms with Gasteiger partial charge in [-0.15, -0.1) is 0 Å². The van der Waals surface area contributed by atoms with Gasteiger partial charge in [-0.2, -0.15) is 0 Å². The Morgan fingerprint density at radius 3 is 1.05 bits per heavy atom. The molecule has 0 heterocycles. The van der Waals surface area contributed by atoms with Crippen LogP contribution in [0.4, 0.5) is 0 Å². The SMILES string of the molecule is CCCCC/C=C/C/C=C/C/C=C/C/C=C/CCCC(=O)OCC(COC(=O)CC/C=C/C/C=C/CCCCCCCC)OC(=O)CCCCCCCCC/C=C/CCCCCCCC. The third-order valence-electron chi connectivity index (χ3n) is 11.4. The van der Waals surface area contributed by atoms with E-state index in [-0.39, 0.29) is 44.0 Å². The van der Waals surface area contributed by atoms with Crippen molar-refractivity contribution in [1.82, 2.24) is 0 Å². The fourth-order valence-electron chi connectivity index (χ4n) is 7.25. The zero-order valence-corrected chi connectivity index (χ0v) is 42.5. The molecule has 0 rings (SSSR count). The lowest BCUT2D eigenvalue weighted by atomic mass is 10.1. The summed E-state index contributed by atoms with van der Waals surface area (Å²) in [6.07, 6.45) is 68.7. The minimum absolute atomic E-state index is 0.124. The van der Waals surface area contributed by atoms with Crippen molar-refractivity contribution < 1.29 is 28.6 Å². The van der Waals surface area contributed by atoms with Gasteiger partial charge in [-0.25, -0.2) is 0 Å². The molecule has 6 nitrogen and oxygen atoms in total. The van der Waals surface area contributed by atoms with E-state index in [9.17, 15) is 14.4 Å². The fraction of sp³-hybridized carbons (Fsp3) is 0.712. The minimum atomic E-state index is -0.823. The van der Waals surface area contributed by atoms with Gasteiger partial charge in [0.15, 0.2) is 6.10 Å². The lowest BCUT2D eigenvalue weighted by molar-refractivity contribution is -0.166. The Bertz CT molecular complexity index is 1270. The van der Waals surface area contributed by atoms with Crippen molar-refractivity contribution in [1.29, 1.82) is 0 Å². The first-order valence-corrected chi connectivity index (χ1v) is 27.1. The molecule has 0 spiro atoms. The largest absolute Gasteiger partial charge is 0.462 e. The highest BCUT2D eigenvalue weighted by Crippen LogP contribution is 2.13. The van der Waals surface area contributed by atoms with E-state index >= 15 is 0 Å². The highest BCUT2D eigenvalue weighted by atomic mass is 16.6. The van der Waals surface area contributed by atoms with Crippen molar-refractivity contribution in [3.8, 4) is 0 Å².